The van der Waals surface area contributed by atoms with E-state index in [1.165, 1.54) is 0 Å². The van der Waals surface area contributed by atoms with Gasteiger partial charge >= 0.3 is 17.8 Å². The third-order valence-corrected chi connectivity index (χ3v) is 2.71. The van der Waals surface area contributed by atoms with Crippen LogP contribution >= 0.6 is 0 Å². The topological polar surface area (TPSA) is 89.5 Å². The molecule has 1 N–H and O–H groups in total. The average Bonchev–Trinajstić information content (AvgIpc) is 2.41. The highest BCUT2D eigenvalue weighted by molar-refractivity contribution is 5.94. The molecule has 2 aliphatic heterocycles. The molecule has 3 amide bonds. The van der Waals surface area contributed by atoms with Crippen LogP contribution in [0, 0.1) is 0 Å². The maximum Gasteiger partial charge on any atom is 0.365 e. The Morgan fingerprint density at radius 2 is 1.81 bits per heavy atom. The predicted octanol–water partition coefficient (Wildman–Crippen LogP) is -1.03. The van der Waals surface area contributed by atoms with E-state index < -0.39 is 28.6 Å². The van der Waals surface area contributed by atoms with E-state index in [4.69, 9.17) is 4.84 Å². The molecule has 2 saturated heterocycles. The number of carbonyl (C=O) groups excluding carboxylic acids is 4. The van der Waals surface area contributed by atoms with Crippen LogP contribution in [0.15, 0.2) is 0 Å². The first kappa shape index (κ1) is 10.7. The van der Waals surface area contributed by atoms with Crippen molar-refractivity contribution in [3.05, 3.63) is 0 Å². The maximum absolute atomic E-state index is 11.7. The molecule has 0 spiro atoms. The van der Waals surface area contributed by atoms with Crippen LogP contribution in [0.4, 0.5) is 0 Å². The van der Waals surface area contributed by atoms with E-state index in [2.05, 4.69) is 5.32 Å². The lowest BCUT2D eigenvalue weighted by atomic mass is 10.1. The second-order valence-corrected chi connectivity index (χ2v) is 3.82. The monoisotopic (exact) mass is 227 g/mol. The molecule has 16 heavy (non-hydrogen) atoms. The number of nitrogens with zero attached hydrogens (tertiary/aromatic N) is 1. The number of likely N-dealkylation sites (tertiary alicyclic amines) is 1. The third kappa shape index (κ3) is 1.32. The first-order chi connectivity index (χ1) is 7.46. The largest absolute Gasteiger partial charge is 0.365 e. The van der Waals surface area contributed by atoms with Gasteiger partial charge in [0.25, 0.3) is 0 Å². The minimum absolute atomic E-state index is 0.0186. The molecular formula is C9H11N2O5+. The van der Waals surface area contributed by atoms with Crippen molar-refractivity contribution in [2.24, 2.45) is 0 Å². The van der Waals surface area contributed by atoms with Gasteiger partial charge in [-0.1, -0.05) is 0 Å². The second-order valence-electron chi connectivity index (χ2n) is 3.82. The number of hydrogen-bond donors (Lipinski definition) is 1. The summed E-state index contributed by atoms with van der Waals surface area (Å²) < 4.78 is -0.999. The lowest BCUT2D eigenvalue weighted by Crippen LogP contribution is -2.71. The maximum atomic E-state index is 11.7. The standard InChI is InChI=1S/C9H10N2O5/c1-5(12)16-11(6-4-7(13)10-6)8(14)2-3-9(11)15/h6H,2-4H2,1H3/p+1. The molecule has 1 unspecified atom stereocenters. The number of hydrogen-bond acceptors (Lipinski definition) is 5. The quantitative estimate of drug-likeness (QED) is 0.370. The van der Waals surface area contributed by atoms with Gasteiger partial charge in [0.05, 0.1) is 12.8 Å². The Balaban J connectivity index is 2.31. The van der Waals surface area contributed by atoms with Crippen LogP contribution < -0.4 is 5.32 Å². The van der Waals surface area contributed by atoms with Crippen LogP contribution in [0.2, 0.25) is 0 Å². The van der Waals surface area contributed by atoms with E-state index in [0.717, 1.165) is 6.92 Å². The number of nitrogens with one attached hydrogen (secondary N) is 1. The van der Waals surface area contributed by atoms with E-state index >= 15 is 0 Å². The zero-order chi connectivity index (χ0) is 11.9. The summed E-state index contributed by atoms with van der Waals surface area (Å²) in [4.78, 5) is 50.1. The number of carbonyl (C=O) groups is 4. The van der Waals surface area contributed by atoms with Gasteiger partial charge in [-0.2, -0.15) is 0 Å². The van der Waals surface area contributed by atoms with Gasteiger partial charge in [-0.05, 0) is 0 Å². The minimum Gasteiger partial charge on any atom is -0.302 e. The number of β-lactam (4-membered cyclic amide) rings is 1. The highest BCUT2D eigenvalue weighted by Crippen LogP contribution is 2.31. The zero-order valence-electron chi connectivity index (χ0n) is 8.69. The summed E-state index contributed by atoms with van der Waals surface area (Å²) in [7, 11) is 0. The van der Waals surface area contributed by atoms with E-state index in [9.17, 15) is 19.2 Å². The molecule has 7 heteroatoms. The summed E-state index contributed by atoms with van der Waals surface area (Å²) in [6.07, 6.45) is -0.652. The van der Waals surface area contributed by atoms with Gasteiger partial charge in [-0.25, -0.2) is 14.4 Å². The van der Waals surface area contributed by atoms with Gasteiger partial charge < -0.3 is 5.32 Å². The van der Waals surface area contributed by atoms with Gasteiger partial charge in [0, 0.05) is 11.6 Å². The zero-order valence-corrected chi connectivity index (χ0v) is 8.69. The SMILES string of the molecule is CC(=O)O[N+]1(C2CC(=O)N2)C(=O)CCC1=O. The molecule has 0 aliphatic carbocycles. The number of rotatable bonds is 2. The van der Waals surface area contributed by atoms with E-state index in [-0.39, 0.29) is 25.2 Å². The molecule has 2 heterocycles. The van der Waals surface area contributed by atoms with E-state index in [0.29, 0.717) is 0 Å². The van der Waals surface area contributed by atoms with Crippen LogP contribution in [0.5, 0.6) is 0 Å². The van der Waals surface area contributed by atoms with Gasteiger partial charge in [-0.15, -0.1) is 0 Å². The van der Waals surface area contributed by atoms with Gasteiger partial charge in [-0.3, -0.25) is 9.63 Å². The molecule has 2 fully saturated rings. The van der Waals surface area contributed by atoms with Gasteiger partial charge in [0.1, 0.15) is 6.42 Å². The number of imide groups is 1. The summed E-state index contributed by atoms with van der Waals surface area (Å²) in [5, 5.41) is 2.41. The molecule has 0 aromatic carbocycles. The molecule has 2 aliphatic rings. The smallest absolute Gasteiger partial charge is 0.302 e. The number of amides is 3. The molecule has 7 nitrogen and oxygen atoms in total. The van der Waals surface area contributed by atoms with Crippen LogP contribution in [-0.2, 0) is 24.0 Å². The average molecular weight is 227 g/mol. The second kappa shape index (κ2) is 3.38. The fourth-order valence-corrected chi connectivity index (χ4v) is 1.96. The normalized spacial score (nSPS) is 27.3. The Kier molecular flexibility index (Phi) is 2.27. The van der Waals surface area contributed by atoms with Crippen LogP contribution in [0.3, 0.4) is 0 Å². The van der Waals surface area contributed by atoms with Gasteiger partial charge in [0.15, 0.2) is 0 Å². The lowest BCUT2D eigenvalue weighted by molar-refractivity contribution is -0.982. The Morgan fingerprint density at radius 3 is 2.19 bits per heavy atom. The van der Waals surface area contributed by atoms with Crippen molar-refractivity contribution >= 4 is 23.7 Å². The van der Waals surface area contributed by atoms with Crippen molar-refractivity contribution in [3.63, 3.8) is 0 Å². The summed E-state index contributed by atoms with van der Waals surface area (Å²) in [6, 6.07) is 0. The van der Waals surface area contributed by atoms with Crippen molar-refractivity contribution in [1.82, 2.24) is 5.32 Å². The Morgan fingerprint density at radius 1 is 1.31 bits per heavy atom. The van der Waals surface area contributed by atoms with E-state index in [1.54, 1.807) is 0 Å². The fourth-order valence-electron chi connectivity index (χ4n) is 1.96. The first-order valence-corrected chi connectivity index (χ1v) is 4.92. The molecule has 0 aromatic rings. The van der Waals surface area contributed by atoms with Crippen LogP contribution in [-0.4, -0.2) is 34.5 Å². The third-order valence-electron chi connectivity index (χ3n) is 2.71. The molecule has 0 radical (unpaired) electrons. The molecular weight excluding hydrogens is 216 g/mol. The summed E-state index contributed by atoms with van der Waals surface area (Å²) >= 11 is 0. The minimum atomic E-state index is -0.999. The van der Waals surface area contributed by atoms with Crippen LogP contribution in [0.25, 0.3) is 0 Å². The highest BCUT2D eigenvalue weighted by Gasteiger charge is 2.63. The van der Waals surface area contributed by atoms with Crippen molar-refractivity contribution in [1.29, 1.82) is 0 Å². The number of hydroxylamine groups is 3. The molecule has 0 bridgehead atoms. The van der Waals surface area contributed by atoms with Crippen molar-refractivity contribution in [3.8, 4) is 0 Å². The summed E-state index contributed by atoms with van der Waals surface area (Å²) in [5.41, 5.74) is 0. The van der Waals surface area contributed by atoms with Crippen LogP contribution in [0.1, 0.15) is 26.2 Å². The van der Waals surface area contributed by atoms with Crippen molar-refractivity contribution in [2.75, 3.05) is 0 Å². The van der Waals surface area contributed by atoms with Crippen molar-refractivity contribution in [2.45, 2.75) is 32.4 Å². The molecule has 0 saturated carbocycles. The molecule has 1 atom stereocenters. The predicted molar refractivity (Wildman–Crippen MR) is 47.8 cm³/mol. The Labute approximate surface area is 90.9 Å². The highest BCUT2D eigenvalue weighted by atomic mass is 16.8. The van der Waals surface area contributed by atoms with Crippen molar-refractivity contribution < 1.29 is 28.7 Å². The van der Waals surface area contributed by atoms with E-state index in [1.807, 2.05) is 0 Å². The first-order valence-electron chi connectivity index (χ1n) is 4.92. The fraction of sp³-hybridized carbons (Fsp3) is 0.556. The number of quaternary nitrogens is 1. The lowest BCUT2D eigenvalue weighted by Gasteiger charge is -2.36. The Bertz CT molecular complexity index is 379. The molecule has 86 valence electrons. The summed E-state index contributed by atoms with van der Waals surface area (Å²) in [5.74, 6) is -1.94. The molecule has 2 rings (SSSR count). The Hall–Kier alpha value is -1.76. The summed E-state index contributed by atoms with van der Waals surface area (Å²) in [6.45, 7) is 1.12. The molecule has 0 aromatic heterocycles. The van der Waals surface area contributed by atoms with Gasteiger partial charge in [0.2, 0.25) is 12.1 Å².